The van der Waals surface area contributed by atoms with Crippen molar-refractivity contribution >= 4 is 27.2 Å². The third kappa shape index (κ3) is 11.5. The Kier molecular flexibility index (Phi) is 12.3. The number of oxime groups is 1. The van der Waals surface area contributed by atoms with Crippen molar-refractivity contribution < 1.29 is 68.6 Å². The molecule has 0 fully saturated rings. The van der Waals surface area contributed by atoms with Crippen LogP contribution in [0.5, 0.6) is 0 Å². The average Bonchev–Trinajstić information content (AvgIpc) is 2.44. The Labute approximate surface area is 175 Å². The van der Waals surface area contributed by atoms with Gasteiger partial charge in [-0.2, -0.15) is 8.42 Å². The monoisotopic (exact) mass is 368 g/mol. The summed E-state index contributed by atoms with van der Waals surface area (Å²) in [5.74, 6) is 0.562. The van der Waals surface area contributed by atoms with E-state index in [1.165, 1.54) is 11.8 Å². The Morgan fingerprint density at radius 2 is 2.05 bits per heavy atom. The second-order valence-electron chi connectivity index (χ2n) is 3.79. The predicted octanol–water partition coefficient (Wildman–Crippen LogP) is -0.543. The molecular weight excluding hydrogens is 355 g/mol. The van der Waals surface area contributed by atoms with Gasteiger partial charge in [0.1, 0.15) is 5.04 Å². The van der Waals surface area contributed by atoms with Crippen molar-refractivity contribution in [2.24, 2.45) is 10.3 Å². The summed E-state index contributed by atoms with van der Waals surface area (Å²) in [5, 5.41) is 7.13. The van der Waals surface area contributed by atoms with E-state index in [0.29, 0.717) is 30.2 Å². The first-order valence-corrected chi connectivity index (χ1v) is 8.22. The van der Waals surface area contributed by atoms with Crippen LogP contribution >= 0.6 is 11.8 Å². The van der Waals surface area contributed by atoms with Gasteiger partial charge < -0.3 is 4.55 Å². The number of thioether (sulfide) groups is 1. The van der Waals surface area contributed by atoms with Crippen LogP contribution in [0.4, 0.5) is 0 Å². The van der Waals surface area contributed by atoms with E-state index in [1.54, 1.807) is 0 Å². The summed E-state index contributed by atoms with van der Waals surface area (Å²) in [7, 11) is -4.87. The third-order valence-corrected chi connectivity index (χ3v) is 3.46. The normalized spacial score (nSPS) is 11.2. The first-order chi connectivity index (χ1) is 10.0. The molecule has 1 aromatic carbocycles. The summed E-state index contributed by atoms with van der Waals surface area (Å²) < 4.78 is 35.3. The molecule has 0 aromatic heterocycles. The van der Waals surface area contributed by atoms with Crippen LogP contribution in [0.3, 0.4) is 0 Å². The van der Waals surface area contributed by atoms with Gasteiger partial charge in [0.25, 0.3) is 10.4 Å². The second-order valence-corrected chi connectivity index (χ2v) is 5.92. The van der Waals surface area contributed by atoms with E-state index in [-0.39, 0.29) is 51.4 Å². The maximum atomic E-state index is 10.5. The van der Waals surface area contributed by atoms with Gasteiger partial charge in [0.05, 0.1) is 0 Å². The number of hydrogen-bond acceptors (Lipinski definition) is 7. The van der Waals surface area contributed by atoms with Gasteiger partial charge in [0.15, 0.2) is 0 Å². The van der Waals surface area contributed by atoms with E-state index in [2.05, 4.69) is 19.5 Å². The van der Waals surface area contributed by atoms with Crippen molar-refractivity contribution in [1.29, 1.82) is 0 Å². The van der Waals surface area contributed by atoms with Gasteiger partial charge in [0, 0.05) is 17.9 Å². The molecule has 1 rings (SSSR count). The second kappa shape index (κ2) is 12.3. The SMILES string of the molecule is [K+].[N-]=[N+]=NCCCS/C(Cc1ccccc1)=N\OS(=O)(=O)[O-]. The van der Waals surface area contributed by atoms with Crippen molar-refractivity contribution in [1.82, 2.24) is 0 Å². The Bertz CT molecular complexity index is 618. The molecule has 22 heavy (non-hydrogen) atoms. The van der Waals surface area contributed by atoms with Crippen LogP contribution in [0.25, 0.3) is 10.4 Å². The van der Waals surface area contributed by atoms with Crippen LogP contribution in [-0.4, -0.2) is 30.3 Å². The molecule has 0 saturated carbocycles. The fourth-order valence-corrected chi connectivity index (χ4v) is 2.43. The predicted molar refractivity (Wildman–Crippen MR) is 79.5 cm³/mol. The zero-order valence-electron chi connectivity index (χ0n) is 12.0. The van der Waals surface area contributed by atoms with E-state index in [1.807, 2.05) is 30.3 Å². The number of benzene rings is 1. The van der Waals surface area contributed by atoms with Crippen molar-refractivity contribution in [2.45, 2.75) is 12.8 Å². The standard InChI is InChI=1S/C11H14N4O4S2.K/c12-15-13-7-4-8-20-11(14-19-21(16,17)18)9-10-5-2-1-3-6-10;/h1-3,5-6H,4,7-9H2,(H,16,17,18);/q;+1/p-1/b14-11-;. The summed E-state index contributed by atoms with van der Waals surface area (Å²) in [5.41, 5.74) is 9.06. The van der Waals surface area contributed by atoms with E-state index in [0.717, 1.165) is 5.56 Å². The molecule has 0 saturated heterocycles. The third-order valence-electron chi connectivity index (χ3n) is 2.16. The van der Waals surface area contributed by atoms with Gasteiger partial charge in [-0.05, 0) is 23.3 Å². The Morgan fingerprint density at radius 3 is 2.64 bits per heavy atom. The molecule has 0 aliphatic carbocycles. The van der Waals surface area contributed by atoms with Crippen LogP contribution in [0, 0.1) is 0 Å². The van der Waals surface area contributed by atoms with Crippen molar-refractivity contribution in [3.63, 3.8) is 0 Å². The molecule has 0 unspecified atom stereocenters. The topological polar surface area (TPSA) is 128 Å². The average molecular weight is 368 g/mol. The Hall–Kier alpha value is -0.104. The molecule has 1 aromatic rings. The van der Waals surface area contributed by atoms with Crippen LogP contribution in [-0.2, 0) is 21.1 Å². The van der Waals surface area contributed by atoms with E-state index >= 15 is 0 Å². The van der Waals surface area contributed by atoms with Gasteiger partial charge in [-0.1, -0.05) is 40.6 Å². The first-order valence-electron chi connectivity index (χ1n) is 5.90. The molecule has 0 spiro atoms. The summed E-state index contributed by atoms with van der Waals surface area (Å²) in [6.45, 7) is 0.336. The fraction of sp³-hybridized carbons (Fsp3) is 0.364. The molecule has 0 bridgehead atoms. The minimum atomic E-state index is -4.87. The molecule has 8 nitrogen and oxygen atoms in total. The minimum Gasteiger partial charge on any atom is -0.714 e. The molecular formula is C11H13KN4O4S2. The summed E-state index contributed by atoms with van der Waals surface area (Å²) >= 11 is 1.25. The number of rotatable bonds is 8. The van der Waals surface area contributed by atoms with Gasteiger partial charge >= 0.3 is 51.4 Å². The zero-order valence-corrected chi connectivity index (χ0v) is 16.7. The van der Waals surface area contributed by atoms with Crippen LogP contribution in [0.1, 0.15) is 12.0 Å². The summed E-state index contributed by atoms with van der Waals surface area (Å²) in [4.78, 5) is 2.63. The van der Waals surface area contributed by atoms with E-state index in [9.17, 15) is 13.0 Å². The number of nitrogens with zero attached hydrogens (tertiary/aromatic N) is 4. The van der Waals surface area contributed by atoms with Gasteiger partial charge in [-0.3, -0.25) is 4.28 Å². The maximum absolute atomic E-state index is 10.5. The molecule has 0 amide bonds. The summed E-state index contributed by atoms with van der Waals surface area (Å²) in [6.07, 6.45) is 0.954. The Balaban J connectivity index is 0.00000441. The van der Waals surface area contributed by atoms with Gasteiger partial charge in [-0.25, -0.2) is 0 Å². The van der Waals surface area contributed by atoms with Crippen molar-refractivity contribution in [3.8, 4) is 0 Å². The smallest absolute Gasteiger partial charge is 0.714 e. The largest absolute Gasteiger partial charge is 1.00 e. The molecule has 0 aliphatic heterocycles. The van der Waals surface area contributed by atoms with E-state index in [4.69, 9.17) is 5.53 Å². The van der Waals surface area contributed by atoms with Crippen molar-refractivity contribution in [2.75, 3.05) is 12.3 Å². The van der Waals surface area contributed by atoms with Crippen LogP contribution < -0.4 is 51.4 Å². The summed E-state index contributed by atoms with van der Waals surface area (Å²) in [6, 6.07) is 9.23. The quantitative estimate of drug-likeness (QED) is 0.0581. The number of azide groups is 1. The molecule has 114 valence electrons. The molecule has 0 radical (unpaired) electrons. The minimum absolute atomic E-state index is 0. The Morgan fingerprint density at radius 1 is 1.36 bits per heavy atom. The first kappa shape index (κ1) is 21.9. The van der Waals surface area contributed by atoms with Crippen molar-refractivity contribution in [3.05, 3.63) is 46.3 Å². The molecule has 0 atom stereocenters. The maximum Gasteiger partial charge on any atom is 1.00 e. The molecule has 0 aliphatic rings. The fourth-order valence-electron chi connectivity index (χ4n) is 1.34. The molecule has 11 heteroatoms. The van der Waals surface area contributed by atoms with Crippen LogP contribution in [0.2, 0.25) is 0 Å². The molecule has 0 heterocycles. The van der Waals surface area contributed by atoms with E-state index < -0.39 is 10.4 Å². The van der Waals surface area contributed by atoms with Gasteiger partial charge in [0.2, 0.25) is 0 Å². The molecule has 0 N–H and O–H groups in total. The number of hydrogen-bond donors (Lipinski definition) is 0. The van der Waals surface area contributed by atoms with Gasteiger partial charge in [-0.15, -0.1) is 11.8 Å². The zero-order chi connectivity index (χ0) is 15.6. The van der Waals surface area contributed by atoms with Crippen LogP contribution in [0.15, 0.2) is 40.6 Å².